The highest BCUT2D eigenvalue weighted by molar-refractivity contribution is 8.01. The molecule has 3 rings (SSSR count). The van der Waals surface area contributed by atoms with Gasteiger partial charge in [-0.25, -0.2) is 9.78 Å². The van der Waals surface area contributed by atoms with Gasteiger partial charge in [-0.3, -0.25) is 4.79 Å². The molecule has 1 atom stereocenters. The molecule has 1 aromatic rings. The third kappa shape index (κ3) is 4.49. The zero-order valence-corrected chi connectivity index (χ0v) is 15.3. The number of carboxylic acid groups (broad SMARTS) is 1. The zero-order valence-electron chi connectivity index (χ0n) is 13.6. The van der Waals surface area contributed by atoms with Crippen LogP contribution in [0.3, 0.4) is 0 Å². The van der Waals surface area contributed by atoms with Gasteiger partial charge >= 0.3 is 5.97 Å². The number of aromatic carboxylic acids is 1. The lowest BCUT2D eigenvalue weighted by molar-refractivity contribution is -0.128. The summed E-state index contributed by atoms with van der Waals surface area (Å²) in [6.07, 6.45) is 5.48. The Bertz CT molecular complexity index is 587. The van der Waals surface area contributed by atoms with E-state index in [1.165, 1.54) is 42.4 Å². The van der Waals surface area contributed by atoms with Crippen LogP contribution in [0.15, 0.2) is 9.72 Å². The highest BCUT2D eigenvalue weighted by Crippen LogP contribution is 2.25. The van der Waals surface area contributed by atoms with Gasteiger partial charge in [0.15, 0.2) is 10.0 Å². The largest absolute Gasteiger partial charge is 0.476 e. The third-order valence-electron chi connectivity index (χ3n) is 4.63. The van der Waals surface area contributed by atoms with Crippen molar-refractivity contribution in [2.24, 2.45) is 0 Å². The first-order chi connectivity index (χ1) is 11.6. The molecule has 6 nitrogen and oxygen atoms in total. The smallest absolute Gasteiger partial charge is 0.355 e. The van der Waals surface area contributed by atoms with E-state index in [0.29, 0.717) is 19.0 Å². The molecular weight excluding hydrogens is 346 g/mol. The molecule has 0 bridgehead atoms. The summed E-state index contributed by atoms with van der Waals surface area (Å²) in [6.45, 7) is 4.02. The lowest BCUT2D eigenvalue weighted by Gasteiger charge is -2.33. The van der Waals surface area contributed by atoms with E-state index in [1.54, 1.807) is 5.38 Å². The van der Waals surface area contributed by atoms with Crippen molar-refractivity contribution >= 4 is 35.0 Å². The Morgan fingerprint density at radius 2 is 2.17 bits per heavy atom. The van der Waals surface area contributed by atoms with Crippen LogP contribution in [0.25, 0.3) is 0 Å². The molecule has 2 fully saturated rings. The molecule has 2 saturated heterocycles. The fourth-order valence-corrected chi connectivity index (χ4v) is 5.19. The number of rotatable bonds is 7. The van der Waals surface area contributed by atoms with Crippen molar-refractivity contribution in [3.8, 4) is 0 Å². The predicted molar refractivity (Wildman–Crippen MR) is 94.8 cm³/mol. The van der Waals surface area contributed by atoms with Crippen molar-refractivity contribution in [1.29, 1.82) is 0 Å². The molecule has 2 aliphatic rings. The Balaban J connectivity index is 1.48. The molecule has 1 N–H and O–H groups in total. The maximum absolute atomic E-state index is 12.2. The van der Waals surface area contributed by atoms with Gasteiger partial charge in [0.2, 0.25) is 5.91 Å². The summed E-state index contributed by atoms with van der Waals surface area (Å²) in [5, 5.41) is 10.5. The number of hydrogen-bond donors (Lipinski definition) is 1. The molecule has 2 aliphatic heterocycles. The highest BCUT2D eigenvalue weighted by atomic mass is 32.2. The summed E-state index contributed by atoms with van der Waals surface area (Å²) < 4.78 is 0.756. The summed E-state index contributed by atoms with van der Waals surface area (Å²) in [7, 11) is 0. The fraction of sp³-hybridized carbons (Fsp3) is 0.688. The second-order valence-corrected chi connectivity index (χ2v) is 8.49. The number of hydrogen-bond acceptors (Lipinski definition) is 6. The molecular formula is C16H23N3O3S2. The lowest BCUT2D eigenvalue weighted by Crippen LogP contribution is -2.44. The number of thioether (sulfide) groups is 1. The first-order valence-electron chi connectivity index (χ1n) is 8.47. The fourth-order valence-electron chi connectivity index (χ4n) is 3.38. The summed E-state index contributed by atoms with van der Waals surface area (Å²) >= 11 is 2.88. The Morgan fingerprint density at radius 3 is 2.88 bits per heavy atom. The first-order valence-corrected chi connectivity index (χ1v) is 10.3. The molecule has 1 amide bonds. The topological polar surface area (TPSA) is 73.7 Å². The molecule has 8 heteroatoms. The van der Waals surface area contributed by atoms with Gasteiger partial charge in [-0.1, -0.05) is 18.2 Å². The second-order valence-electron chi connectivity index (χ2n) is 6.29. The van der Waals surface area contributed by atoms with Gasteiger partial charge in [-0.2, -0.15) is 0 Å². The molecule has 0 aliphatic carbocycles. The van der Waals surface area contributed by atoms with E-state index in [4.69, 9.17) is 5.11 Å². The maximum Gasteiger partial charge on any atom is 0.355 e. The Morgan fingerprint density at radius 1 is 1.38 bits per heavy atom. The van der Waals surface area contributed by atoms with Crippen LogP contribution >= 0.6 is 23.1 Å². The Labute approximate surface area is 150 Å². The number of nitrogens with zero attached hydrogens (tertiary/aromatic N) is 3. The minimum atomic E-state index is -0.991. The van der Waals surface area contributed by atoms with Crippen molar-refractivity contribution in [3.63, 3.8) is 0 Å². The van der Waals surface area contributed by atoms with Crippen LogP contribution in [-0.4, -0.2) is 69.7 Å². The average Bonchev–Trinajstić information content (AvgIpc) is 3.18. The van der Waals surface area contributed by atoms with Crippen molar-refractivity contribution in [3.05, 3.63) is 11.1 Å². The SMILES string of the molecule is O=C(O)c1csc(SCCN2C(=O)CC[C@@H]2CN2CCCCC2)n1. The van der Waals surface area contributed by atoms with E-state index >= 15 is 0 Å². The van der Waals surface area contributed by atoms with E-state index < -0.39 is 5.97 Å². The number of carbonyl (C=O) groups excluding carboxylic acids is 1. The molecule has 0 radical (unpaired) electrons. The van der Waals surface area contributed by atoms with Crippen molar-refractivity contribution < 1.29 is 14.7 Å². The molecule has 0 saturated carbocycles. The van der Waals surface area contributed by atoms with Gasteiger partial charge in [0.05, 0.1) is 0 Å². The summed E-state index contributed by atoms with van der Waals surface area (Å²) in [5.74, 6) is 0.0202. The zero-order chi connectivity index (χ0) is 16.9. The van der Waals surface area contributed by atoms with Gasteiger partial charge in [0.1, 0.15) is 0 Å². The molecule has 0 unspecified atom stereocenters. The van der Waals surface area contributed by atoms with Gasteiger partial charge in [-0.15, -0.1) is 11.3 Å². The minimum absolute atomic E-state index is 0.0997. The van der Waals surface area contributed by atoms with E-state index in [-0.39, 0.29) is 11.6 Å². The van der Waals surface area contributed by atoms with Gasteiger partial charge in [0, 0.05) is 36.7 Å². The summed E-state index contributed by atoms with van der Waals surface area (Å²) in [5.41, 5.74) is 0.0997. The summed E-state index contributed by atoms with van der Waals surface area (Å²) in [6, 6.07) is 0.335. The Kier molecular flexibility index (Phi) is 6.13. The quantitative estimate of drug-likeness (QED) is 0.744. The van der Waals surface area contributed by atoms with Crippen LogP contribution in [0.5, 0.6) is 0 Å². The third-order valence-corrected chi connectivity index (χ3v) is 6.63. The standard InChI is InChI=1S/C16H23N3O3S2/c20-14-5-4-12(10-18-6-2-1-3-7-18)19(14)8-9-23-16-17-13(11-24-16)15(21)22/h11-12H,1-10H2,(H,21,22)/t12-/m1/s1. The molecule has 3 heterocycles. The molecule has 24 heavy (non-hydrogen) atoms. The number of aromatic nitrogens is 1. The lowest BCUT2D eigenvalue weighted by atomic mass is 10.1. The number of carboxylic acids is 1. The second kappa shape index (κ2) is 8.31. The number of carbonyl (C=O) groups is 2. The van der Waals surface area contributed by atoms with Crippen LogP contribution in [0.2, 0.25) is 0 Å². The van der Waals surface area contributed by atoms with Crippen LogP contribution in [0.1, 0.15) is 42.6 Å². The van der Waals surface area contributed by atoms with Crippen molar-refractivity contribution in [2.75, 3.05) is 31.9 Å². The van der Waals surface area contributed by atoms with E-state index in [2.05, 4.69) is 9.88 Å². The van der Waals surface area contributed by atoms with Gasteiger partial charge < -0.3 is 14.9 Å². The van der Waals surface area contributed by atoms with Gasteiger partial charge in [0.25, 0.3) is 0 Å². The molecule has 1 aromatic heterocycles. The van der Waals surface area contributed by atoms with E-state index in [9.17, 15) is 9.59 Å². The Hall–Kier alpha value is -1.12. The number of thiazole rings is 1. The molecule has 0 aromatic carbocycles. The van der Waals surface area contributed by atoms with Crippen LogP contribution < -0.4 is 0 Å². The molecule has 0 spiro atoms. The minimum Gasteiger partial charge on any atom is -0.476 e. The van der Waals surface area contributed by atoms with Crippen molar-refractivity contribution in [2.45, 2.75) is 42.5 Å². The van der Waals surface area contributed by atoms with Gasteiger partial charge in [-0.05, 0) is 32.4 Å². The first kappa shape index (κ1) is 17.7. The average molecular weight is 370 g/mol. The normalized spacial score (nSPS) is 22.2. The van der Waals surface area contributed by atoms with E-state index in [0.717, 1.165) is 36.1 Å². The highest BCUT2D eigenvalue weighted by Gasteiger charge is 2.32. The monoisotopic (exact) mass is 369 g/mol. The number of piperidine rings is 1. The number of likely N-dealkylation sites (tertiary alicyclic amines) is 2. The molecule has 132 valence electrons. The van der Waals surface area contributed by atoms with Crippen LogP contribution in [0, 0.1) is 0 Å². The van der Waals surface area contributed by atoms with Crippen LogP contribution in [-0.2, 0) is 4.79 Å². The van der Waals surface area contributed by atoms with Crippen molar-refractivity contribution in [1.82, 2.24) is 14.8 Å². The number of amides is 1. The van der Waals surface area contributed by atoms with Crippen LogP contribution in [0.4, 0.5) is 0 Å². The predicted octanol–water partition coefficient (Wildman–Crippen LogP) is 2.41. The maximum atomic E-state index is 12.2. The summed E-state index contributed by atoms with van der Waals surface area (Å²) in [4.78, 5) is 31.6. The van der Waals surface area contributed by atoms with E-state index in [1.807, 2.05) is 4.90 Å².